The van der Waals surface area contributed by atoms with E-state index < -0.39 is 11.4 Å². The maximum absolute atomic E-state index is 8.44. The fourth-order valence-electron chi connectivity index (χ4n) is 0. The van der Waals surface area contributed by atoms with Crippen molar-refractivity contribution in [2.24, 2.45) is 0 Å². The van der Waals surface area contributed by atoms with Gasteiger partial charge in [0, 0.05) is 0 Å². The monoisotopic (exact) mass is 378 g/mol. The van der Waals surface area contributed by atoms with Crippen LogP contribution in [-0.4, -0.2) is 90.0 Å². The topological polar surface area (TPSA) is 504 Å². The standard InChI is InChI=1S/2Na.H2O3S.14H2O/c;;1-4(2)3;;;;;;;;;;;;;;/h;;(H2,1,2,3);14*1H2/q2*+1;;;;;;;;;;;;;;;/p-2. The summed E-state index contributed by atoms with van der Waals surface area (Å²) >= 11 is -3.11. The summed E-state index contributed by atoms with van der Waals surface area (Å²) in [7, 11) is 0. The van der Waals surface area contributed by atoms with E-state index in [2.05, 4.69) is 0 Å². The summed E-state index contributed by atoms with van der Waals surface area (Å²) in [5, 5.41) is 0. The molecule has 0 amide bonds. The third-order valence-electron chi connectivity index (χ3n) is 0. The molecule has 0 unspecified atom stereocenters. The van der Waals surface area contributed by atoms with Crippen molar-refractivity contribution in [2.45, 2.75) is 0 Å². The molecule has 20 heavy (non-hydrogen) atoms. The van der Waals surface area contributed by atoms with E-state index >= 15 is 0 Å². The second-order valence-corrected chi connectivity index (χ2v) is 0.612. The second kappa shape index (κ2) is 384. The van der Waals surface area contributed by atoms with Crippen molar-refractivity contribution in [2.75, 3.05) is 0 Å². The molecule has 0 aliphatic rings. The fourth-order valence-corrected chi connectivity index (χ4v) is 0. The first kappa shape index (κ1) is 445. The van der Waals surface area contributed by atoms with Crippen molar-refractivity contribution in [3.05, 3.63) is 0 Å². The molecule has 0 saturated heterocycles. The molecule has 0 radical (unpaired) electrons. The Balaban J connectivity index is -0.000000000375. The molecule has 0 atom stereocenters. The van der Waals surface area contributed by atoms with Gasteiger partial charge in [0.25, 0.3) is 0 Å². The molecule has 0 aromatic heterocycles. The molecule has 0 spiro atoms. The maximum Gasteiger partial charge on any atom is 1.00 e. The average Bonchev–Trinajstić information content (AvgIpc) is 0.811. The Hall–Kier alpha value is 1.51. The Morgan fingerprint density at radius 2 is 0.400 bits per heavy atom. The number of rotatable bonds is 0. The van der Waals surface area contributed by atoms with E-state index in [1.165, 1.54) is 0 Å². The predicted molar refractivity (Wildman–Crippen MR) is 60.3 cm³/mol. The average molecular weight is 378 g/mol. The van der Waals surface area contributed by atoms with Gasteiger partial charge in [-0.15, -0.1) is 11.4 Å². The van der Waals surface area contributed by atoms with E-state index in [-0.39, 0.29) is 136 Å². The summed E-state index contributed by atoms with van der Waals surface area (Å²) in [5.41, 5.74) is 0. The summed E-state index contributed by atoms with van der Waals surface area (Å²) < 4.78 is 25.3. The molecule has 28 N–H and O–H groups in total. The van der Waals surface area contributed by atoms with E-state index in [1.807, 2.05) is 0 Å². The molecule has 0 saturated carbocycles. The van der Waals surface area contributed by atoms with Gasteiger partial charge in [0.2, 0.25) is 0 Å². The zero-order valence-electron chi connectivity index (χ0n) is 10.6. The molecule has 0 aliphatic heterocycles. The van der Waals surface area contributed by atoms with E-state index in [0.29, 0.717) is 0 Å². The Labute approximate surface area is 159 Å². The Morgan fingerprint density at radius 3 is 0.400 bits per heavy atom. The first-order valence-corrected chi connectivity index (χ1v) is 1.50. The van der Waals surface area contributed by atoms with Gasteiger partial charge in [0.15, 0.2) is 0 Å². The van der Waals surface area contributed by atoms with E-state index in [9.17, 15) is 0 Å². The normalized spacial score (nSPS) is 1.75. The van der Waals surface area contributed by atoms with Gasteiger partial charge in [-0.1, -0.05) is 0 Å². The molecule has 0 rings (SSSR count). The van der Waals surface area contributed by atoms with E-state index in [0.717, 1.165) is 0 Å². The SMILES string of the molecule is O.O.O.O.O.O.O.O.O.O.O.O.O.O.O=S([O-])[O-].[Na+].[Na+]. The zero-order valence-corrected chi connectivity index (χ0v) is 15.4. The van der Waals surface area contributed by atoms with E-state index in [1.54, 1.807) is 0 Å². The van der Waals surface area contributed by atoms with Crippen molar-refractivity contribution >= 4 is 11.4 Å². The quantitative estimate of drug-likeness (QED) is 0.292. The van der Waals surface area contributed by atoms with Gasteiger partial charge in [0.05, 0.1) is 0 Å². The third kappa shape index (κ3) is 2930. The van der Waals surface area contributed by atoms with Crippen LogP contribution in [0, 0.1) is 0 Å². The van der Waals surface area contributed by atoms with Gasteiger partial charge < -0.3 is 85.8 Å². The van der Waals surface area contributed by atoms with Gasteiger partial charge in [-0.2, -0.15) is 0 Å². The Morgan fingerprint density at radius 1 is 0.400 bits per heavy atom. The number of hydrogen-bond donors (Lipinski definition) is 0. The number of hydrogen-bond acceptors (Lipinski definition) is 3. The van der Waals surface area contributed by atoms with Crippen molar-refractivity contribution in [1.82, 2.24) is 0 Å². The van der Waals surface area contributed by atoms with Crippen LogP contribution < -0.4 is 59.1 Å². The minimum Gasteiger partial charge on any atom is -0.784 e. The maximum atomic E-state index is 8.44. The molecule has 138 valence electrons. The van der Waals surface area contributed by atoms with Crippen molar-refractivity contribution in [3.63, 3.8) is 0 Å². The van der Waals surface area contributed by atoms with Crippen molar-refractivity contribution < 1.29 is 149 Å². The first-order valence-electron chi connectivity index (χ1n) is 0.500. The van der Waals surface area contributed by atoms with E-state index in [4.69, 9.17) is 13.3 Å². The van der Waals surface area contributed by atoms with Crippen LogP contribution in [0.2, 0.25) is 0 Å². The van der Waals surface area contributed by atoms with Gasteiger partial charge >= 0.3 is 59.1 Å². The molecule has 0 fully saturated rings. The summed E-state index contributed by atoms with van der Waals surface area (Å²) in [5.74, 6) is 0. The van der Waals surface area contributed by atoms with Gasteiger partial charge in [-0.05, 0) is 0 Å². The summed E-state index contributed by atoms with van der Waals surface area (Å²) in [6.07, 6.45) is 0. The van der Waals surface area contributed by atoms with Crippen molar-refractivity contribution in [1.29, 1.82) is 0 Å². The Kier molecular flexibility index (Phi) is 8540. The molecule has 20 heteroatoms. The zero-order chi connectivity index (χ0) is 3.58. The van der Waals surface area contributed by atoms with Crippen LogP contribution in [0.5, 0.6) is 0 Å². The molecule has 17 nitrogen and oxygen atoms in total. The first-order chi connectivity index (χ1) is 1.73. The predicted octanol–water partition coefficient (Wildman–Crippen LogP) is -18.5. The minimum atomic E-state index is -3.11. The van der Waals surface area contributed by atoms with Gasteiger partial charge in [-0.3, -0.25) is 4.21 Å². The van der Waals surface area contributed by atoms with Gasteiger partial charge in [-0.25, -0.2) is 0 Å². The second-order valence-electron chi connectivity index (χ2n) is 0.204. The van der Waals surface area contributed by atoms with Crippen LogP contribution in [0.25, 0.3) is 0 Å². The third-order valence-corrected chi connectivity index (χ3v) is 0. The molecule has 0 heterocycles. The van der Waals surface area contributed by atoms with Crippen LogP contribution in [0.1, 0.15) is 0 Å². The summed E-state index contributed by atoms with van der Waals surface area (Å²) in [6.45, 7) is 0. The fraction of sp³-hybridized carbons (Fsp3) is 0. The molecule has 0 aliphatic carbocycles. The van der Waals surface area contributed by atoms with Crippen LogP contribution >= 0.6 is 0 Å². The minimum absolute atomic E-state index is 0. The summed E-state index contributed by atoms with van der Waals surface area (Å²) in [4.78, 5) is 0. The largest absolute Gasteiger partial charge is 1.00 e. The van der Waals surface area contributed by atoms with Crippen LogP contribution in [-0.2, 0) is 11.4 Å². The molecule has 0 aromatic carbocycles. The van der Waals surface area contributed by atoms with Crippen LogP contribution in [0.3, 0.4) is 0 Å². The molecular weight excluding hydrogens is 350 g/mol. The van der Waals surface area contributed by atoms with Crippen molar-refractivity contribution in [3.8, 4) is 0 Å². The van der Waals surface area contributed by atoms with Crippen LogP contribution in [0.4, 0.5) is 0 Å². The molecule has 0 aromatic rings. The molecular formula is H28Na2O17S. The van der Waals surface area contributed by atoms with Gasteiger partial charge in [0.1, 0.15) is 0 Å². The smallest absolute Gasteiger partial charge is 0.784 e. The molecule has 0 bridgehead atoms. The van der Waals surface area contributed by atoms with Crippen LogP contribution in [0.15, 0.2) is 0 Å². The summed E-state index contributed by atoms with van der Waals surface area (Å²) in [6, 6.07) is 0. The Bertz CT molecular complexity index is 38.0.